The molecule has 0 radical (unpaired) electrons. The van der Waals surface area contributed by atoms with Crippen LogP contribution in [0.2, 0.25) is 0 Å². The van der Waals surface area contributed by atoms with Crippen molar-refractivity contribution in [1.82, 2.24) is 0 Å². The van der Waals surface area contributed by atoms with Gasteiger partial charge in [0.15, 0.2) is 5.60 Å². The van der Waals surface area contributed by atoms with E-state index < -0.39 is 5.60 Å². The zero-order chi connectivity index (χ0) is 10.4. The monoisotopic (exact) mass is 190 g/mol. The predicted octanol–water partition coefficient (Wildman–Crippen LogP) is 1.84. The first kappa shape index (κ1) is 10.6. The minimum atomic E-state index is -1.08. The Morgan fingerprint density at radius 2 is 2.00 bits per heavy atom. The molecule has 2 nitrogen and oxygen atoms in total. The van der Waals surface area contributed by atoms with Crippen molar-refractivity contribution in [2.24, 2.45) is 0 Å². The highest BCUT2D eigenvalue weighted by molar-refractivity contribution is 5.21. The molecule has 0 aromatic heterocycles. The van der Waals surface area contributed by atoms with Crippen molar-refractivity contribution >= 4 is 0 Å². The Hall–Kier alpha value is -1.46. The van der Waals surface area contributed by atoms with Gasteiger partial charge in [0.1, 0.15) is 12.4 Å². The first-order valence-electron chi connectivity index (χ1n) is 4.48. The molecular formula is C12H14O2. The minimum absolute atomic E-state index is 0.178. The fourth-order valence-corrected chi connectivity index (χ4v) is 1.05. The largest absolute Gasteiger partial charge is 0.490 e. The van der Waals surface area contributed by atoms with Crippen molar-refractivity contribution in [3.8, 4) is 17.6 Å². The third kappa shape index (κ3) is 3.51. The Balaban J connectivity index is 2.52. The molecule has 1 rings (SSSR count). The molecule has 0 aliphatic heterocycles. The quantitative estimate of drug-likeness (QED) is 0.737. The maximum atomic E-state index is 9.68. The van der Waals surface area contributed by atoms with Crippen molar-refractivity contribution in [2.45, 2.75) is 19.4 Å². The van der Waals surface area contributed by atoms with Gasteiger partial charge in [-0.3, -0.25) is 0 Å². The van der Waals surface area contributed by atoms with Gasteiger partial charge in [0.2, 0.25) is 0 Å². The van der Waals surface area contributed by atoms with E-state index in [9.17, 15) is 5.11 Å². The Bertz CT molecular complexity index is 330. The minimum Gasteiger partial charge on any atom is -0.490 e. The van der Waals surface area contributed by atoms with Crippen LogP contribution in [0, 0.1) is 11.8 Å². The van der Waals surface area contributed by atoms with Crippen molar-refractivity contribution in [2.75, 3.05) is 6.61 Å². The SMILES string of the molecule is CC#CC(C)(O)COc1ccccc1. The molecule has 0 aliphatic carbocycles. The lowest BCUT2D eigenvalue weighted by atomic mass is 10.1. The Morgan fingerprint density at radius 3 is 2.57 bits per heavy atom. The molecular weight excluding hydrogens is 176 g/mol. The molecule has 0 aliphatic rings. The molecule has 0 fully saturated rings. The summed E-state index contributed by atoms with van der Waals surface area (Å²) in [6.07, 6.45) is 0. The lowest BCUT2D eigenvalue weighted by Gasteiger charge is -2.16. The summed E-state index contributed by atoms with van der Waals surface area (Å²) < 4.78 is 5.37. The fourth-order valence-electron chi connectivity index (χ4n) is 1.05. The lowest BCUT2D eigenvalue weighted by Crippen LogP contribution is -2.30. The lowest BCUT2D eigenvalue weighted by molar-refractivity contribution is 0.0629. The fraction of sp³-hybridized carbons (Fsp3) is 0.333. The van der Waals surface area contributed by atoms with Gasteiger partial charge in [0, 0.05) is 0 Å². The summed E-state index contributed by atoms with van der Waals surface area (Å²) in [5.41, 5.74) is -1.08. The summed E-state index contributed by atoms with van der Waals surface area (Å²) in [6.45, 7) is 3.50. The highest BCUT2D eigenvalue weighted by Gasteiger charge is 2.17. The van der Waals surface area contributed by atoms with Crippen molar-refractivity contribution in [3.63, 3.8) is 0 Å². The normalized spacial score (nSPS) is 13.6. The average Bonchev–Trinajstić information content (AvgIpc) is 2.17. The smallest absolute Gasteiger partial charge is 0.156 e. The summed E-state index contributed by atoms with van der Waals surface area (Å²) >= 11 is 0. The van der Waals surface area contributed by atoms with Gasteiger partial charge >= 0.3 is 0 Å². The van der Waals surface area contributed by atoms with Crippen LogP contribution < -0.4 is 4.74 Å². The van der Waals surface area contributed by atoms with Crippen LogP contribution in [-0.2, 0) is 0 Å². The maximum absolute atomic E-state index is 9.68. The first-order chi connectivity index (χ1) is 6.64. The van der Waals surface area contributed by atoms with Gasteiger partial charge in [-0.25, -0.2) is 0 Å². The van der Waals surface area contributed by atoms with E-state index in [0.717, 1.165) is 5.75 Å². The van der Waals surface area contributed by atoms with Gasteiger partial charge in [0.25, 0.3) is 0 Å². The summed E-state index contributed by atoms with van der Waals surface area (Å²) in [4.78, 5) is 0. The van der Waals surface area contributed by atoms with Gasteiger partial charge in [-0.1, -0.05) is 24.1 Å². The molecule has 2 heteroatoms. The molecule has 0 saturated heterocycles. The molecule has 0 saturated carbocycles. The third-order valence-electron chi connectivity index (χ3n) is 1.66. The van der Waals surface area contributed by atoms with Crippen LogP contribution in [0.25, 0.3) is 0 Å². The van der Waals surface area contributed by atoms with Gasteiger partial charge < -0.3 is 9.84 Å². The van der Waals surface area contributed by atoms with Gasteiger partial charge in [-0.2, -0.15) is 0 Å². The van der Waals surface area contributed by atoms with Crippen LogP contribution in [-0.4, -0.2) is 17.3 Å². The van der Waals surface area contributed by atoms with Crippen LogP contribution in [0.3, 0.4) is 0 Å². The molecule has 0 heterocycles. The van der Waals surface area contributed by atoms with Gasteiger partial charge in [-0.05, 0) is 26.0 Å². The Labute approximate surface area is 84.5 Å². The van der Waals surface area contributed by atoms with Crippen molar-refractivity contribution in [1.29, 1.82) is 0 Å². The highest BCUT2D eigenvalue weighted by atomic mass is 16.5. The number of hydrogen-bond donors (Lipinski definition) is 1. The summed E-state index contributed by atoms with van der Waals surface area (Å²) in [5, 5.41) is 9.68. The number of hydrogen-bond acceptors (Lipinski definition) is 2. The number of ether oxygens (including phenoxy) is 1. The number of rotatable bonds is 3. The second-order valence-electron chi connectivity index (χ2n) is 3.25. The van der Waals surface area contributed by atoms with Crippen LogP contribution in [0.4, 0.5) is 0 Å². The van der Waals surface area contributed by atoms with Crippen LogP contribution in [0.15, 0.2) is 30.3 Å². The number of benzene rings is 1. The van der Waals surface area contributed by atoms with E-state index in [2.05, 4.69) is 11.8 Å². The molecule has 14 heavy (non-hydrogen) atoms. The molecule has 1 aromatic carbocycles. The van der Waals surface area contributed by atoms with Crippen molar-refractivity contribution < 1.29 is 9.84 Å². The highest BCUT2D eigenvalue weighted by Crippen LogP contribution is 2.11. The summed E-state index contributed by atoms with van der Waals surface area (Å²) in [5.74, 6) is 6.08. The second kappa shape index (κ2) is 4.69. The van der Waals surface area contributed by atoms with E-state index in [4.69, 9.17) is 4.74 Å². The van der Waals surface area contributed by atoms with E-state index in [0.29, 0.717) is 0 Å². The topological polar surface area (TPSA) is 29.5 Å². The van der Waals surface area contributed by atoms with E-state index in [1.165, 1.54) is 0 Å². The number of para-hydroxylation sites is 1. The van der Waals surface area contributed by atoms with E-state index in [1.807, 2.05) is 30.3 Å². The molecule has 0 spiro atoms. The van der Waals surface area contributed by atoms with E-state index in [1.54, 1.807) is 13.8 Å². The standard InChI is InChI=1S/C12H14O2/c1-3-9-12(2,13)10-14-11-7-5-4-6-8-11/h4-8,13H,10H2,1-2H3. The average molecular weight is 190 g/mol. The summed E-state index contributed by atoms with van der Waals surface area (Å²) in [6, 6.07) is 9.37. The van der Waals surface area contributed by atoms with Crippen LogP contribution in [0.5, 0.6) is 5.75 Å². The molecule has 0 bridgehead atoms. The first-order valence-corrected chi connectivity index (χ1v) is 4.48. The van der Waals surface area contributed by atoms with E-state index in [-0.39, 0.29) is 6.61 Å². The molecule has 1 aromatic rings. The van der Waals surface area contributed by atoms with Crippen LogP contribution >= 0.6 is 0 Å². The maximum Gasteiger partial charge on any atom is 0.156 e. The van der Waals surface area contributed by atoms with Crippen molar-refractivity contribution in [3.05, 3.63) is 30.3 Å². The Kier molecular flexibility index (Phi) is 3.55. The predicted molar refractivity (Wildman–Crippen MR) is 56.0 cm³/mol. The van der Waals surface area contributed by atoms with Crippen LogP contribution in [0.1, 0.15) is 13.8 Å². The molecule has 1 unspecified atom stereocenters. The number of aliphatic hydroxyl groups is 1. The van der Waals surface area contributed by atoms with Gasteiger partial charge in [-0.15, -0.1) is 5.92 Å². The summed E-state index contributed by atoms with van der Waals surface area (Å²) in [7, 11) is 0. The molecule has 74 valence electrons. The second-order valence-corrected chi connectivity index (χ2v) is 3.25. The zero-order valence-electron chi connectivity index (χ0n) is 8.45. The zero-order valence-corrected chi connectivity index (χ0v) is 8.45. The molecule has 1 N–H and O–H groups in total. The molecule has 1 atom stereocenters. The Morgan fingerprint density at radius 1 is 1.36 bits per heavy atom. The van der Waals surface area contributed by atoms with Gasteiger partial charge in [0.05, 0.1) is 0 Å². The third-order valence-corrected chi connectivity index (χ3v) is 1.66. The van der Waals surface area contributed by atoms with E-state index >= 15 is 0 Å². The molecule has 0 amide bonds.